The summed E-state index contributed by atoms with van der Waals surface area (Å²) in [5.41, 5.74) is 5.33. The summed E-state index contributed by atoms with van der Waals surface area (Å²) < 4.78 is 1.81. The largest absolute Gasteiger partial charge is 0.333 e. The van der Waals surface area contributed by atoms with Crippen LogP contribution in [0.15, 0.2) is 30.3 Å². The predicted octanol–water partition coefficient (Wildman–Crippen LogP) is 3.45. The van der Waals surface area contributed by atoms with Gasteiger partial charge < -0.3 is 4.90 Å². The second-order valence-corrected chi connectivity index (χ2v) is 7.47. The Morgan fingerprint density at radius 2 is 1.92 bits per heavy atom. The molecule has 0 fully saturated rings. The Morgan fingerprint density at radius 3 is 2.64 bits per heavy atom. The number of fused-ring (bicyclic) bond motifs is 1. The van der Waals surface area contributed by atoms with E-state index in [4.69, 9.17) is 0 Å². The lowest BCUT2D eigenvalue weighted by molar-refractivity contribution is 0.0738. The van der Waals surface area contributed by atoms with Gasteiger partial charge in [0.2, 0.25) is 5.13 Å². The summed E-state index contributed by atoms with van der Waals surface area (Å²) in [6.45, 7) is 7.28. The van der Waals surface area contributed by atoms with E-state index in [0.717, 1.165) is 35.2 Å². The molecule has 0 saturated heterocycles. The molecule has 1 aliphatic rings. The zero-order chi connectivity index (χ0) is 17.6. The Bertz CT molecular complexity index is 956. The Kier molecular flexibility index (Phi) is 3.92. The van der Waals surface area contributed by atoms with Crippen molar-refractivity contribution in [2.75, 3.05) is 6.54 Å². The number of hydrogen-bond acceptors (Lipinski definition) is 4. The lowest BCUT2D eigenvalue weighted by Crippen LogP contribution is -2.35. The number of amides is 1. The third kappa shape index (κ3) is 2.87. The number of hydrogen-bond donors (Lipinski definition) is 0. The molecule has 5 nitrogen and oxygen atoms in total. The lowest BCUT2D eigenvalue weighted by atomic mass is 10.00. The standard InChI is InChI=1S/C19H20N4OS/c1-12-10-13(2)23(21-12)19-20-14(3)17(25-19)18(24)22-9-8-15-6-4-5-7-16(15)11-22/h4-7,10H,8-9,11H2,1-3H3. The maximum absolute atomic E-state index is 13.0. The summed E-state index contributed by atoms with van der Waals surface area (Å²) in [4.78, 5) is 20.3. The average Bonchev–Trinajstić information content (AvgIpc) is 3.15. The van der Waals surface area contributed by atoms with Crippen LogP contribution in [0.3, 0.4) is 0 Å². The Balaban J connectivity index is 1.62. The van der Waals surface area contributed by atoms with Crippen molar-refractivity contribution in [1.82, 2.24) is 19.7 Å². The molecule has 6 heteroatoms. The number of rotatable bonds is 2. The number of aryl methyl sites for hydroxylation is 3. The van der Waals surface area contributed by atoms with Crippen molar-refractivity contribution in [3.05, 3.63) is 63.4 Å². The maximum atomic E-state index is 13.0. The van der Waals surface area contributed by atoms with E-state index in [1.165, 1.54) is 22.5 Å². The lowest BCUT2D eigenvalue weighted by Gasteiger charge is -2.28. The summed E-state index contributed by atoms with van der Waals surface area (Å²) >= 11 is 1.42. The molecule has 3 aromatic rings. The summed E-state index contributed by atoms with van der Waals surface area (Å²) in [5.74, 6) is 0.0669. The van der Waals surface area contributed by atoms with Gasteiger partial charge in [0.25, 0.3) is 5.91 Å². The Hall–Kier alpha value is -2.47. The van der Waals surface area contributed by atoms with Gasteiger partial charge in [-0.3, -0.25) is 4.79 Å². The number of carbonyl (C=O) groups excluding carboxylic acids is 1. The van der Waals surface area contributed by atoms with Crippen LogP contribution in [0.2, 0.25) is 0 Å². The molecule has 0 atom stereocenters. The zero-order valence-electron chi connectivity index (χ0n) is 14.6. The van der Waals surface area contributed by atoms with Gasteiger partial charge in [0.15, 0.2) is 0 Å². The fourth-order valence-corrected chi connectivity index (χ4v) is 4.35. The van der Waals surface area contributed by atoms with Gasteiger partial charge in [0.1, 0.15) is 4.88 Å². The van der Waals surface area contributed by atoms with Crippen molar-refractivity contribution in [2.24, 2.45) is 0 Å². The highest BCUT2D eigenvalue weighted by Crippen LogP contribution is 2.26. The van der Waals surface area contributed by atoms with Crippen LogP contribution in [0.1, 0.15) is 37.9 Å². The minimum absolute atomic E-state index is 0.0669. The van der Waals surface area contributed by atoms with E-state index in [9.17, 15) is 4.79 Å². The van der Waals surface area contributed by atoms with Crippen LogP contribution in [-0.4, -0.2) is 32.1 Å². The smallest absolute Gasteiger partial charge is 0.266 e. The minimum atomic E-state index is 0.0669. The van der Waals surface area contributed by atoms with Gasteiger partial charge in [-0.1, -0.05) is 35.6 Å². The second kappa shape index (κ2) is 6.11. The first-order valence-electron chi connectivity index (χ1n) is 8.40. The molecule has 0 spiro atoms. The zero-order valence-corrected chi connectivity index (χ0v) is 15.4. The Labute approximate surface area is 150 Å². The number of nitrogens with zero attached hydrogens (tertiary/aromatic N) is 4. The summed E-state index contributed by atoms with van der Waals surface area (Å²) in [7, 11) is 0. The molecule has 1 aliphatic heterocycles. The van der Waals surface area contributed by atoms with Gasteiger partial charge in [-0.15, -0.1) is 0 Å². The van der Waals surface area contributed by atoms with E-state index >= 15 is 0 Å². The fraction of sp³-hybridized carbons (Fsp3) is 0.316. The van der Waals surface area contributed by atoms with Crippen LogP contribution in [-0.2, 0) is 13.0 Å². The van der Waals surface area contributed by atoms with E-state index in [2.05, 4.69) is 28.3 Å². The normalized spacial score (nSPS) is 13.8. The molecule has 0 unspecified atom stereocenters. The van der Waals surface area contributed by atoms with E-state index < -0.39 is 0 Å². The summed E-state index contributed by atoms with van der Waals surface area (Å²) in [5, 5.41) is 5.23. The van der Waals surface area contributed by atoms with Crippen LogP contribution >= 0.6 is 11.3 Å². The van der Waals surface area contributed by atoms with Crippen molar-refractivity contribution in [3.8, 4) is 5.13 Å². The molecule has 0 bridgehead atoms. The van der Waals surface area contributed by atoms with Crippen molar-refractivity contribution in [2.45, 2.75) is 33.7 Å². The van der Waals surface area contributed by atoms with E-state index in [1.54, 1.807) is 0 Å². The fourth-order valence-electron chi connectivity index (χ4n) is 3.31. The molecule has 1 aromatic carbocycles. The Morgan fingerprint density at radius 1 is 1.16 bits per heavy atom. The van der Waals surface area contributed by atoms with Gasteiger partial charge in [-0.25, -0.2) is 9.67 Å². The van der Waals surface area contributed by atoms with E-state index in [0.29, 0.717) is 11.4 Å². The van der Waals surface area contributed by atoms with Gasteiger partial charge in [-0.05, 0) is 44.4 Å². The monoisotopic (exact) mass is 352 g/mol. The molecular formula is C19H20N4OS. The number of thiazole rings is 1. The van der Waals surface area contributed by atoms with Gasteiger partial charge in [-0.2, -0.15) is 5.10 Å². The molecule has 0 aliphatic carbocycles. The molecule has 2 aromatic heterocycles. The molecule has 25 heavy (non-hydrogen) atoms. The van der Waals surface area contributed by atoms with Crippen molar-refractivity contribution < 1.29 is 4.79 Å². The number of benzene rings is 1. The van der Waals surface area contributed by atoms with Crippen LogP contribution < -0.4 is 0 Å². The summed E-state index contributed by atoms with van der Waals surface area (Å²) in [6.07, 6.45) is 0.907. The van der Waals surface area contributed by atoms with Crippen molar-refractivity contribution in [3.63, 3.8) is 0 Å². The first kappa shape index (κ1) is 16.0. The highest BCUT2D eigenvalue weighted by molar-refractivity contribution is 7.16. The van der Waals surface area contributed by atoms with Crippen molar-refractivity contribution >= 4 is 17.2 Å². The first-order valence-corrected chi connectivity index (χ1v) is 9.21. The molecule has 0 N–H and O–H groups in total. The maximum Gasteiger partial charge on any atom is 0.266 e. The van der Waals surface area contributed by atoms with Crippen LogP contribution in [0, 0.1) is 20.8 Å². The van der Waals surface area contributed by atoms with Crippen molar-refractivity contribution in [1.29, 1.82) is 0 Å². The minimum Gasteiger partial charge on any atom is -0.333 e. The second-order valence-electron chi connectivity index (χ2n) is 6.50. The number of aromatic nitrogens is 3. The molecule has 0 radical (unpaired) electrons. The molecule has 128 valence electrons. The molecule has 1 amide bonds. The molecule has 4 rings (SSSR count). The topological polar surface area (TPSA) is 51.0 Å². The van der Waals surface area contributed by atoms with Gasteiger partial charge >= 0.3 is 0 Å². The van der Waals surface area contributed by atoms with E-state index in [-0.39, 0.29) is 5.91 Å². The van der Waals surface area contributed by atoms with Crippen LogP contribution in [0.25, 0.3) is 5.13 Å². The van der Waals surface area contributed by atoms with Gasteiger partial charge in [0.05, 0.1) is 11.4 Å². The molecule has 0 saturated carbocycles. The third-order valence-electron chi connectivity index (χ3n) is 4.59. The SMILES string of the molecule is Cc1cc(C)n(-c2nc(C)c(C(=O)N3CCc4ccccc4C3)s2)n1. The predicted molar refractivity (Wildman–Crippen MR) is 98.3 cm³/mol. The van der Waals surface area contributed by atoms with Gasteiger partial charge in [0, 0.05) is 18.8 Å². The van der Waals surface area contributed by atoms with Crippen LogP contribution in [0.5, 0.6) is 0 Å². The average molecular weight is 352 g/mol. The quantitative estimate of drug-likeness (QED) is 0.710. The van der Waals surface area contributed by atoms with Crippen LogP contribution in [0.4, 0.5) is 0 Å². The summed E-state index contributed by atoms with van der Waals surface area (Å²) in [6, 6.07) is 10.4. The van der Waals surface area contributed by atoms with E-state index in [1.807, 2.05) is 42.5 Å². The molecule has 3 heterocycles. The number of carbonyl (C=O) groups is 1. The first-order chi connectivity index (χ1) is 12.0. The molecular weight excluding hydrogens is 332 g/mol. The highest BCUT2D eigenvalue weighted by Gasteiger charge is 2.25. The third-order valence-corrected chi connectivity index (χ3v) is 5.71. The highest BCUT2D eigenvalue weighted by atomic mass is 32.1.